The lowest BCUT2D eigenvalue weighted by atomic mass is 10.1. The Hall–Kier alpha value is -4.06. The number of hydrogen-bond acceptors (Lipinski definition) is 5. The van der Waals surface area contributed by atoms with Crippen molar-refractivity contribution in [3.8, 4) is 5.75 Å². The molecule has 0 radical (unpaired) electrons. The van der Waals surface area contributed by atoms with Gasteiger partial charge in [0.25, 0.3) is 0 Å². The molecule has 4 rings (SSSR count). The number of nitrogens with zero attached hydrogens (tertiary/aromatic N) is 1. The fourth-order valence-electron chi connectivity index (χ4n) is 2.91. The summed E-state index contributed by atoms with van der Waals surface area (Å²) in [7, 11) is 0. The summed E-state index contributed by atoms with van der Waals surface area (Å²) in [5.41, 5.74) is 2.14. The third-order valence-electron chi connectivity index (χ3n) is 4.48. The highest BCUT2D eigenvalue weighted by Gasteiger charge is 2.25. The third kappa shape index (κ3) is 4.03. The Balaban J connectivity index is 1.51. The van der Waals surface area contributed by atoms with Crippen LogP contribution < -0.4 is 4.74 Å². The molecule has 1 aliphatic rings. The second kappa shape index (κ2) is 8.13. The van der Waals surface area contributed by atoms with E-state index < -0.39 is 17.8 Å². The highest BCUT2D eigenvalue weighted by Crippen LogP contribution is 2.22. The highest BCUT2D eigenvalue weighted by molar-refractivity contribution is 6.12. The van der Waals surface area contributed by atoms with E-state index in [9.17, 15) is 14.0 Å². The van der Waals surface area contributed by atoms with E-state index in [1.54, 1.807) is 48.5 Å². The Bertz CT molecular complexity index is 1200. The van der Waals surface area contributed by atoms with Gasteiger partial charge in [-0.1, -0.05) is 42.5 Å². The summed E-state index contributed by atoms with van der Waals surface area (Å²) in [6.07, 6.45) is 1.52. The van der Waals surface area contributed by atoms with E-state index in [1.165, 1.54) is 18.2 Å². The van der Waals surface area contributed by atoms with E-state index >= 15 is 0 Å². The summed E-state index contributed by atoms with van der Waals surface area (Å²) in [5.74, 6) is -1.34. The van der Waals surface area contributed by atoms with E-state index in [1.807, 2.05) is 19.1 Å². The molecular formula is C24H16FNO4. The zero-order valence-electron chi connectivity index (χ0n) is 16.0. The van der Waals surface area contributed by atoms with Crippen LogP contribution in [0.1, 0.15) is 27.0 Å². The fraction of sp³-hybridized carbons (Fsp3) is 0.0417. The van der Waals surface area contributed by atoms with E-state index in [-0.39, 0.29) is 17.2 Å². The van der Waals surface area contributed by atoms with Crippen LogP contribution in [0.3, 0.4) is 0 Å². The molecule has 3 aromatic carbocycles. The maximum atomic E-state index is 13.9. The zero-order chi connectivity index (χ0) is 21.1. The van der Waals surface area contributed by atoms with E-state index in [0.29, 0.717) is 16.9 Å². The second-order valence-electron chi connectivity index (χ2n) is 6.59. The molecule has 0 unspecified atom stereocenters. The lowest BCUT2D eigenvalue weighted by Crippen LogP contribution is -2.09. The number of hydrogen-bond donors (Lipinski definition) is 0. The molecule has 1 heterocycles. The molecule has 0 atom stereocenters. The normalized spacial score (nSPS) is 14.4. The van der Waals surface area contributed by atoms with Crippen LogP contribution in [0.15, 0.2) is 83.5 Å². The molecule has 148 valence electrons. The quantitative estimate of drug-likeness (QED) is 0.361. The van der Waals surface area contributed by atoms with Gasteiger partial charge in [0.1, 0.15) is 11.6 Å². The van der Waals surface area contributed by atoms with Gasteiger partial charge in [-0.15, -0.1) is 0 Å². The Morgan fingerprint density at radius 1 is 1.00 bits per heavy atom. The number of cyclic esters (lactones) is 1. The molecule has 0 aromatic heterocycles. The number of ether oxygens (including phenoxy) is 2. The second-order valence-corrected chi connectivity index (χ2v) is 6.59. The van der Waals surface area contributed by atoms with Crippen LogP contribution in [0, 0.1) is 12.7 Å². The average Bonchev–Trinajstić information content (AvgIpc) is 3.10. The van der Waals surface area contributed by atoms with Crippen LogP contribution in [-0.4, -0.2) is 17.8 Å². The monoisotopic (exact) mass is 401 g/mol. The molecule has 3 aromatic rings. The molecule has 5 nitrogen and oxygen atoms in total. The van der Waals surface area contributed by atoms with Gasteiger partial charge in [-0.2, -0.15) is 0 Å². The van der Waals surface area contributed by atoms with Crippen molar-refractivity contribution in [3.63, 3.8) is 0 Å². The largest absolute Gasteiger partial charge is 0.423 e. The molecule has 0 fully saturated rings. The van der Waals surface area contributed by atoms with E-state index in [2.05, 4.69) is 4.99 Å². The molecular weight excluding hydrogens is 385 g/mol. The van der Waals surface area contributed by atoms with Crippen molar-refractivity contribution in [1.82, 2.24) is 0 Å². The number of rotatable bonds is 4. The minimum Gasteiger partial charge on any atom is -0.423 e. The molecule has 0 amide bonds. The average molecular weight is 401 g/mol. The fourth-order valence-corrected chi connectivity index (χ4v) is 2.91. The molecule has 0 N–H and O–H groups in total. The topological polar surface area (TPSA) is 65.0 Å². The van der Waals surface area contributed by atoms with Crippen LogP contribution in [0.5, 0.6) is 5.75 Å². The minimum absolute atomic E-state index is 0.0536. The summed E-state index contributed by atoms with van der Waals surface area (Å²) >= 11 is 0. The molecule has 0 aliphatic carbocycles. The van der Waals surface area contributed by atoms with Gasteiger partial charge < -0.3 is 9.47 Å². The maximum Gasteiger partial charge on any atom is 0.363 e. The lowest BCUT2D eigenvalue weighted by molar-refractivity contribution is -0.129. The zero-order valence-corrected chi connectivity index (χ0v) is 16.0. The molecule has 30 heavy (non-hydrogen) atoms. The number of esters is 2. The van der Waals surface area contributed by atoms with Crippen molar-refractivity contribution in [2.45, 2.75) is 6.92 Å². The standard InChI is InChI=1S/C24H16FNO4/c1-15-6-2-3-7-18(15)23(27)29-17-12-10-16(11-13-17)14-21-24(28)30-22(26-21)19-8-4-5-9-20(19)25/h2-14H,1H3/b21-14+. The first-order chi connectivity index (χ1) is 14.5. The predicted molar refractivity (Wildman–Crippen MR) is 110 cm³/mol. The van der Waals surface area contributed by atoms with Crippen LogP contribution in [0.2, 0.25) is 0 Å². The number of carbonyl (C=O) groups is 2. The summed E-state index contributed by atoms with van der Waals surface area (Å²) in [5, 5.41) is 0. The summed E-state index contributed by atoms with van der Waals surface area (Å²) in [4.78, 5) is 28.5. The molecule has 0 saturated heterocycles. The van der Waals surface area contributed by atoms with Crippen LogP contribution in [-0.2, 0) is 9.53 Å². The van der Waals surface area contributed by atoms with Crippen LogP contribution in [0.4, 0.5) is 4.39 Å². The predicted octanol–water partition coefficient (Wildman–Crippen LogP) is 4.70. The molecule has 0 bridgehead atoms. The van der Waals surface area contributed by atoms with Gasteiger partial charge in [0.05, 0.1) is 11.1 Å². The molecule has 0 saturated carbocycles. The summed E-state index contributed by atoms with van der Waals surface area (Å²) in [6.45, 7) is 1.84. The first kappa shape index (κ1) is 19.3. The maximum absolute atomic E-state index is 13.9. The van der Waals surface area contributed by atoms with Crippen molar-refractivity contribution < 1.29 is 23.5 Å². The molecule has 1 aliphatic heterocycles. The first-order valence-corrected chi connectivity index (χ1v) is 9.16. The Morgan fingerprint density at radius 2 is 1.70 bits per heavy atom. The van der Waals surface area contributed by atoms with E-state index in [4.69, 9.17) is 9.47 Å². The number of aliphatic imine (C=N–C) groups is 1. The number of carbonyl (C=O) groups excluding carboxylic acids is 2. The van der Waals surface area contributed by atoms with Crippen molar-refractivity contribution in [3.05, 3.63) is 107 Å². The summed E-state index contributed by atoms with van der Waals surface area (Å²) in [6, 6.07) is 19.7. The van der Waals surface area contributed by atoms with Gasteiger partial charge in [-0.25, -0.2) is 19.0 Å². The van der Waals surface area contributed by atoms with Gasteiger partial charge in [0, 0.05) is 0 Å². The van der Waals surface area contributed by atoms with E-state index in [0.717, 1.165) is 5.56 Å². The van der Waals surface area contributed by atoms with Crippen LogP contribution >= 0.6 is 0 Å². The Kier molecular flexibility index (Phi) is 5.22. The minimum atomic E-state index is -0.664. The number of aryl methyl sites for hydroxylation is 1. The Morgan fingerprint density at radius 3 is 2.43 bits per heavy atom. The highest BCUT2D eigenvalue weighted by atomic mass is 19.1. The van der Waals surface area contributed by atoms with Gasteiger partial charge in [-0.3, -0.25) is 0 Å². The van der Waals surface area contributed by atoms with Gasteiger partial charge in [0.2, 0.25) is 5.90 Å². The first-order valence-electron chi connectivity index (χ1n) is 9.16. The lowest BCUT2D eigenvalue weighted by Gasteiger charge is -2.06. The number of halogens is 1. The Labute approximate surface area is 172 Å². The molecule has 0 spiro atoms. The van der Waals surface area contributed by atoms with Crippen molar-refractivity contribution in [1.29, 1.82) is 0 Å². The van der Waals surface area contributed by atoms with Gasteiger partial charge in [-0.05, 0) is 54.5 Å². The van der Waals surface area contributed by atoms with Crippen molar-refractivity contribution in [2.24, 2.45) is 4.99 Å². The van der Waals surface area contributed by atoms with Crippen molar-refractivity contribution >= 4 is 23.9 Å². The smallest absolute Gasteiger partial charge is 0.363 e. The van der Waals surface area contributed by atoms with Crippen molar-refractivity contribution in [2.75, 3.05) is 0 Å². The SMILES string of the molecule is Cc1ccccc1C(=O)Oc1ccc(/C=C2/N=C(c3ccccc3F)OC2=O)cc1. The summed E-state index contributed by atoms with van der Waals surface area (Å²) < 4.78 is 24.4. The third-order valence-corrected chi connectivity index (χ3v) is 4.48. The van der Waals surface area contributed by atoms with Gasteiger partial charge >= 0.3 is 11.9 Å². The number of benzene rings is 3. The van der Waals surface area contributed by atoms with Gasteiger partial charge in [0.15, 0.2) is 5.70 Å². The molecule has 6 heteroatoms. The van der Waals surface area contributed by atoms with Crippen LogP contribution in [0.25, 0.3) is 6.08 Å².